The standard InChI is InChI=1S/C9H9N3.C4H9N.C4H8O.C3H5N3.CH4/c1-12-7-9(10-11-12)8-5-3-2-4-6-8;2*1-3-4-5-2;1-6-3-2-4-5-6;/h2-7H,1H3;3-5H,1-2H3;3-4H,1-2H3;2-3H,1H3;1H4. The number of aryl methyl sites for hydroxylation is 2. The minimum Gasteiger partial charge on any atom is -0.505 e. The topological polar surface area (TPSA) is 82.7 Å². The van der Waals surface area contributed by atoms with E-state index in [2.05, 4.69) is 30.7 Å². The third-order valence-electron chi connectivity index (χ3n) is 2.82. The number of hydrogen-bond acceptors (Lipinski definition) is 6. The molecule has 8 nitrogen and oxygen atoms in total. The fraction of sp³-hybridized carbons (Fsp3) is 0.333. The van der Waals surface area contributed by atoms with Crippen LogP contribution >= 0.6 is 0 Å². The van der Waals surface area contributed by atoms with Gasteiger partial charge in [0.25, 0.3) is 0 Å². The largest absolute Gasteiger partial charge is 0.505 e. The number of methoxy groups -OCH3 is 1. The Balaban J connectivity index is 0. The fourth-order valence-electron chi connectivity index (χ4n) is 1.66. The zero-order chi connectivity index (χ0) is 21.0. The summed E-state index contributed by atoms with van der Waals surface area (Å²) in [5, 5.41) is 17.8. The van der Waals surface area contributed by atoms with Crippen molar-refractivity contribution in [3.05, 3.63) is 73.5 Å². The van der Waals surface area contributed by atoms with Crippen LogP contribution in [0.15, 0.2) is 73.5 Å². The van der Waals surface area contributed by atoms with E-state index in [1.165, 1.54) is 0 Å². The van der Waals surface area contributed by atoms with Crippen molar-refractivity contribution in [1.82, 2.24) is 35.3 Å². The molecule has 0 amide bonds. The van der Waals surface area contributed by atoms with Crippen molar-refractivity contribution >= 4 is 0 Å². The van der Waals surface area contributed by atoms with Crippen molar-refractivity contribution in [2.75, 3.05) is 14.2 Å². The number of rotatable bonds is 3. The van der Waals surface area contributed by atoms with E-state index in [1.807, 2.05) is 89.9 Å². The Morgan fingerprint density at radius 1 is 1.00 bits per heavy atom. The summed E-state index contributed by atoms with van der Waals surface area (Å²) >= 11 is 0. The lowest BCUT2D eigenvalue weighted by molar-refractivity contribution is 0.337. The van der Waals surface area contributed by atoms with Gasteiger partial charge in [-0.05, 0) is 20.0 Å². The molecule has 160 valence electrons. The molecular formula is C21H35N7O. The second kappa shape index (κ2) is 19.3. The van der Waals surface area contributed by atoms with E-state index in [0.717, 1.165) is 11.3 Å². The summed E-state index contributed by atoms with van der Waals surface area (Å²) in [4.78, 5) is 0. The molecule has 3 aromatic rings. The SMILES string of the molecule is C.CC=CNC.CC=COC.Cn1cc(-c2ccccc2)nn1.Cn1ccnn1. The highest BCUT2D eigenvalue weighted by Crippen LogP contribution is 2.13. The maximum atomic E-state index is 4.51. The lowest BCUT2D eigenvalue weighted by atomic mass is 10.2. The van der Waals surface area contributed by atoms with Crippen LogP contribution in [-0.2, 0) is 18.8 Å². The summed E-state index contributed by atoms with van der Waals surface area (Å²) in [6.07, 6.45) is 12.6. The average molecular weight is 402 g/mol. The third-order valence-corrected chi connectivity index (χ3v) is 2.82. The highest BCUT2D eigenvalue weighted by molar-refractivity contribution is 5.56. The highest BCUT2D eigenvalue weighted by Gasteiger charge is 1.99. The molecule has 2 heterocycles. The number of allylic oxidation sites excluding steroid dienone is 2. The molecule has 0 spiro atoms. The predicted octanol–water partition coefficient (Wildman–Crippen LogP) is 3.84. The van der Waals surface area contributed by atoms with Gasteiger partial charge in [0.2, 0.25) is 0 Å². The minimum absolute atomic E-state index is 0. The van der Waals surface area contributed by atoms with Gasteiger partial charge in [-0.25, -0.2) is 0 Å². The molecule has 0 saturated heterocycles. The first-order valence-corrected chi connectivity index (χ1v) is 8.73. The van der Waals surface area contributed by atoms with Crippen molar-refractivity contribution in [2.45, 2.75) is 21.3 Å². The van der Waals surface area contributed by atoms with Crippen LogP contribution in [0.25, 0.3) is 11.3 Å². The van der Waals surface area contributed by atoms with Crippen LogP contribution in [0.4, 0.5) is 0 Å². The molecule has 1 N–H and O–H groups in total. The van der Waals surface area contributed by atoms with Crippen molar-refractivity contribution in [3.63, 3.8) is 0 Å². The van der Waals surface area contributed by atoms with Crippen LogP contribution in [0.1, 0.15) is 21.3 Å². The van der Waals surface area contributed by atoms with E-state index in [9.17, 15) is 0 Å². The van der Waals surface area contributed by atoms with Gasteiger partial charge < -0.3 is 10.1 Å². The summed E-state index contributed by atoms with van der Waals surface area (Å²) in [6.45, 7) is 3.88. The number of aromatic nitrogens is 6. The summed E-state index contributed by atoms with van der Waals surface area (Å²) in [5.41, 5.74) is 2.02. The van der Waals surface area contributed by atoms with Crippen molar-refractivity contribution in [3.8, 4) is 11.3 Å². The van der Waals surface area contributed by atoms with Gasteiger partial charge in [-0.3, -0.25) is 9.36 Å². The molecule has 29 heavy (non-hydrogen) atoms. The first kappa shape index (κ1) is 27.8. The molecule has 0 fully saturated rings. The van der Waals surface area contributed by atoms with Crippen LogP contribution in [0.2, 0.25) is 0 Å². The van der Waals surface area contributed by atoms with Crippen LogP contribution < -0.4 is 5.32 Å². The Morgan fingerprint density at radius 3 is 1.97 bits per heavy atom. The molecule has 0 unspecified atom stereocenters. The molecule has 1 aromatic carbocycles. The molecule has 0 aliphatic rings. The van der Waals surface area contributed by atoms with Crippen molar-refractivity contribution in [2.24, 2.45) is 14.1 Å². The monoisotopic (exact) mass is 401 g/mol. The second-order valence-corrected chi connectivity index (χ2v) is 5.21. The fourth-order valence-corrected chi connectivity index (χ4v) is 1.66. The smallest absolute Gasteiger partial charge is 0.113 e. The van der Waals surface area contributed by atoms with Gasteiger partial charge in [-0.1, -0.05) is 60.3 Å². The zero-order valence-corrected chi connectivity index (χ0v) is 17.5. The Hall–Kier alpha value is -3.42. The summed E-state index contributed by atoms with van der Waals surface area (Å²) in [5.74, 6) is 0. The van der Waals surface area contributed by atoms with E-state index < -0.39 is 0 Å². The van der Waals surface area contributed by atoms with E-state index in [4.69, 9.17) is 0 Å². The van der Waals surface area contributed by atoms with Crippen LogP contribution in [0.5, 0.6) is 0 Å². The first-order valence-electron chi connectivity index (χ1n) is 8.73. The number of benzene rings is 1. The molecule has 0 aliphatic heterocycles. The maximum absolute atomic E-state index is 4.51. The summed E-state index contributed by atoms with van der Waals surface area (Å²) in [6, 6.07) is 10.0. The Bertz CT molecular complexity index is 738. The highest BCUT2D eigenvalue weighted by atomic mass is 16.5. The van der Waals surface area contributed by atoms with E-state index >= 15 is 0 Å². The lowest BCUT2D eigenvalue weighted by Gasteiger charge is -1.91. The molecule has 0 radical (unpaired) electrons. The van der Waals surface area contributed by atoms with Gasteiger partial charge in [-0.15, -0.1) is 10.2 Å². The lowest BCUT2D eigenvalue weighted by Crippen LogP contribution is -1.89. The molecule has 0 atom stereocenters. The number of ether oxygens (including phenoxy) is 1. The summed E-state index contributed by atoms with van der Waals surface area (Å²) < 4.78 is 7.85. The van der Waals surface area contributed by atoms with Gasteiger partial charge in [0, 0.05) is 32.9 Å². The van der Waals surface area contributed by atoms with Gasteiger partial charge in [-0.2, -0.15) is 0 Å². The third kappa shape index (κ3) is 15.3. The molecule has 3 rings (SSSR count). The van der Waals surface area contributed by atoms with Gasteiger partial charge in [0.05, 0.1) is 25.8 Å². The Labute approximate surface area is 174 Å². The number of nitrogens with zero attached hydrogens (tertiary/aromatic N) is 6. The molecular weight excluding hydrogens is 366 g/mol. The predicted molar refractivity (Wildman–Crippen MR) is 120 cm³/mol. The maximum Gasteiger partial charge on any atom is 0.113 e. The quantitative estimate of drug-likeness (QED) is 0.672. The van der Waals surface area contributed by atoms with Gasteiger partial charge >= 0.3 is 0 Å². The zero-order valence-electron chi connectivity index (χ0n) is 17.5. The van der Waals surface area contributed by atoms with Crippen LogP contribution in [0, 0.1) is 0 Å². The van der Waals surface area contributed by atoms with E-state index in [0.29, 0.717) is 0 Å². The second-order valence-electron chi connectivity index (χ2n) is 5.21. The number of hydrogen-bond donors (Lipinski definition) is 1. The van der Waals surface area contributed by atoms with Crippen molar-refractivity contribution in [1.29, 1.82) is 0 Å². The van der Waals surface area contributed by atoms with Crippen molar-refractivity contribution < 1.29 is 4.74 Å². The molecule has 0 aliphatic carbocycles. The minimum atomic E-state index is 0. The van der Waals surface area contributed by atoms with Crippen LogP contribution in [0.3, 0.4) is 0 Å². The van der Waals surface area contributed by atoms with E-state index in [1.54, 1.807) is 35.1 Å². The molecule has 0 bridgehead atoms. The molecule has 8 heteroatoms. The Kier molecular flexibility index (Phi) is 18.5. The Morgan fingerprint density at radius 2 is 1.69 bits per heavy atom. The van der Waals surface area contributed by atoms with E-state index in [-0.39, 0.29) is 7.43 Å². The summed E-state index contributed by atoms with van der Waals surface area (Å²) in [7, 11) is 7.19. The number of nitrogens with one attached hydrogen (secondary N) is 1. The molecule has 0 saturated carbocycles. The normalized spacial score (nSPS) is 9.17. The molecule has 2 aromatic heterocycles. The van der Waals surface area contributed by atoms with Gasteiger partial charge in [0.1, 0.15) is 5.69 Å². The average Bonchev–Trinajstić information content (AvgIpc) is 3.36. The van der Waals surface area contributed by atoms with Gasteiger partial charge in [0.15, 0.2) is 0 Å². The first-order chi connectivity index (χ1) is 13.6. The van der Waals surface area contributed by atoms with Crippen LogP contribution in [-0.4, -0.2) is 44.1 Å².